The predicted octanol–water partition coefficient (Wildman–Crippen LogP) is 0.961. The molecule has 0 atom stereocenters. The van der Waals surface area contributed by atoms with Crippen LogP contribution in [0.2, 0.25) is 0 Å². The zero-order valence-electron chi connectivity index (χ0n) is 8.18. The molecule has 0 saturated heterocycles. The molecule has 1 aromatic heterocycles. The van der Waals surface area contributed by atoms with Gasteiger partial charge in [0.25, 0.3) is 0 Å². The van der Waals surface area contributed by atoms with Crippen LogP contribution < -0.4 is 11.1 Å². The highest BCUT2D eigenvalue weighted by Crippen LogP contribution is 2.12. The minimum absolute atomic E-state index is 0.201. The van der Waals surface area contributed by atoms with Gasteiger partial charge in [-0.2, -0.15) is 0 Å². The van der Waals surface area contributed by atoms with Gasteiger partial charge >= 0.3 is 6.03 Å². The Kier molecular flexibility index (Phi) is 2.53. The van der Waals surface area contributed by atoms with Gasteiger partial charge < -0.3 is 11.1 Å². The number of carbonyl (C=O) groups excluding carboxylic acids is 1. The normalized spacial score (nSPS) is 15.5. The number of rotatable bonds is 1. The molecular weight excluding hydrogens is 192 g/mol. The van der Waals surface area contributed by atoms with Crippen LogP contribution in [0.1, 0.15) is 12.8 Å². The predicted molar refractivity (Wildman–Crippen MR) is 55.7 cm³/mol. The van der Waals surface area contributed by atoms with E-state index in [2.05, 4.69) is 10.3 Å². The Morgan fingerprint density at radius 1 is 1.47 bits per heavy atom. The quantitative estimate of drug-likeness (QED) is 0.715. The second-order valence-corrected chi connectivity index (χ2v) is 3.33. The number of imidazole rings is 1. The minimum Gasteiger partial charge on any atom is -0.402 e. The van der Waals surface area contributed by atoms with Gasteiger partial charge in [-0.25, -0.2) is 9.78 Å². The number of hydrogen-bond donors (Lipinski definition) is 2. The summed E-state index contributed by atoms with van der Waals surface area (Å²) in [7, 11) is 0. The van der Waals surface area contributed by atoms with Gasteiger partial charge in [0.15, 0.2) is 0 Å². The Hall–Kier alpha value is -2.04. The van der Waals surface area contributed by atoms with Crippen molar-refractivity contribution in [3.05, 3.63) is 42.3 Å². The Labute approximate surface area is 87.3 Å². The summed E-state index contributed by atoms with van der Waals surface area (Å²) in [5.41, 5.74) is 7.33. The van der Waals surface area contributed by atoms with E-state index in [-0.39, 0.29) is 6.03 Å². The molecule has 3 N–H and O–H groups in total. The highest BCUT2D eigenvalue weighted by atomic mass is 16.2. The molecule has 2 rings (SSSR count). The number of aromatic nitrogens is 2. The van der Waals surface area contributed by atoms with E-state index < -0.39 is 0 Å². The van der Waals surface area contributed by atoms with Gasteiger partial charge in [0.2, 0.25) is 0 Å². The first kappa shape index (κ1) is 9.51. The zero-order valence-corrected chi connectivity index (χ0v) is 8.18. The summed E-state index contributed by atoms with van der Waals surface area (Å²) in [6, 6.07) is -0.201. The zero-order chi connectivity index (χ0) is 10.7. The van der Waals surface area contributed by atoms with Crippen molar-refractivity contribution in [1.82, 2.24) is 14.9 Å². The van der Waals surface area contributed by atoms with E-state index in [0.29, 0.717) is 0 Å². The fourth-order valence-corrected chi connectivity index (χ4v) is 1.34. The first-order valence-corrected chi connectivity index (χ1v) is 4.70. The molecular formula is C10H12N4O. The minimum atomic E-state index is -0.201. The second-order valence-electron chi connectivity index (χ2n) is 3.33. The van der Waals surface area contributed by atoms with Crippen molar-refractivity contribution in [2.45, 2.75) is 12.8 Å². The fourth-order valence-electron chi connectivity index (χ4n) is 1.34. The van der Waals surface area contributed by atoms with Crippen LogP contribution in [0.5, 0.6) is 0 Å². The van der Waals surface area contributed by atoms with Crippen LogP contribution in [0.15, 0.2) is 42.3 Å². The van der Waals surface area contributed by atoms with Crippen LogP contribution in [0, 0.1) is 0 Å². The number of nitrogens with zero attached hydrogens (tertiary/aromatic N) is 2. The molecule has 1 aromatic rings. The molecule has 0 aromatic carbocycles. The summed E-state index contributed by atoms with van der Waals surface area (Å²) in [4.78, 5) is 15.4. The monoisotopic (exact) mass is 204 g/mol. The van der Waals surface area contributed by atoms with Crippen molar-refractivity contribution in [3.8, 4) is 0 Å². The summed E-state index contributed by atoms with van der Waals surface area (Å²) in [5.74, 6) is 0. The highest BCUT2D eigenvalue weighted by molar-refractivity contribution is 5.78. The highest BCUT2D eigenvalue weighted by Gasteiger charge is 2.08. The molecule has 5 heteroatoms. The second kappa shape index (κ2) is 4.00. The van der Waals surface area contributed by atoms with Crippen molar-refractivity contribution in [2.75, 3.05) is 0 Å². The fraction of sp³-hybridized carbons (Fsp3) is 0.200. The van der Waals surface area contributed by atoms with Crippen LogP contribution in [0.4, 0.5) is 4.79 Å². The third-order valence-corrected chi connectivity index (χ3v) is 2.19. The number of carbonyl (C=O) groups is 1. The van der Waals surface area contributed by atoms with Gasteiger partial charge in [0.05, 0.1) is 0 Å². The Balaban J connectivity index is 2.01. The van der Waals surface area contributed by atoms with E-state index >= 15 is 0 Å². The lowest BCUT2D eigenvalue weighted by Gasteiger charge is -2.13. The molecule has 1 amide bonds. The lowest BCUT2D eigenvalue weighted by atomic mass is 10.1. The van der Waals surface area contributed by atoms with E-state index in [1.165, 1.54) is 10.9 Å². The summed E-state index contributed by atoms with van der Waals surface area (Å²) in [6.45, 7) is 0. The van der Waals surface area contributed by atoms with Crippen LogP contribution in [-0.2, 0) is 0 Å². The number of allylic oxidation sites excluding steroid dienone is 4. The molecule has 1 aliphatic carbocycles. The molecule has 0 bridgehead atoms. The topological polar surface area (TPSA) is 72.9 Å². The van der Waals surface area contributed by atoms with Gasteiger partial charge in [-0.15, -0.1) is 0 Å². The van der Waals surface area contributed by atoms with Crippen molar-refractivity contribution in [1.29, 1.82) is 0 Å². The van der Waals surface area contributed by atoms with E-state index in [9.17, 15) is 4.79 Å². The van der Waals surface area contributed by atoms with Gasteiger partial charge in [0, 0.05) is 23.8 Å². The first-order valence-electron chi connectivity index (χ1n) is 4.70. The summed E-state index contributed by atoms with van der Waals surface area (Å²) in [6.07, 6.45) is 9.82. The molecule has 0 fully saturated rings. The van der Waals surface area contributed by atoms with Gasteiger partial charge in [-0.05, 0) is 25.0 Å². The molecule has 0 radical (unpaired) electrons. The summed E-state index contributed by atoms with van der Waals surface area (Å²) < 4.78 is 1.39. The van der Waals surface area contributed by atoms with E-state index in [1.807, 2.05) is 12.2 Å². The maximum atomic E-state index is 11.6. The van der Waals surface area contributed by atoms with Gasteiger partial charge in [0.1, 0.15) is 6.33 Å². The van der Waals surface area contributed by atoms with Crippen molar-refractivity contribution in [2.24, 2.45) is 5.73 Å². The third kappa shape index (κ3) is 2.25. The van der Waals surface area contributed by atoms with Crippen LogP contribution in [-0.4, -0.2) is 15.6 Å². The molecule has 1 heterocycles. The molecule has 5 nitrogen and oxygen atoms in total. The lowest BCUT2D eigenvalue weighted by molar-refractivity contribution is 0.244. The van der Waals surface area contributed by atoms with Crippen LogP contribution in [0.3, 0.4) is 0 Å². The third-order valence-electron chi connectivity index (χ3n) is 2.19. The van der Waals surface area contributed by atoms with Crippen LogP contribution in [0.25, 0.3) is 0 Å². The Morgan fingerprint density at radius 2 is 2.33 bits per heavy atom. The van der Waals surface area contributed by atoms with Crippen molar-refractivity contribution in [3.63, 3.8) is 0 Å². The van der Waals surface area contributed by atoms with Gasteiger partial charge in [-0.1, -0.05) is 0 Å². The van der Waals surface area contributed by atoms with E-state index in [4.69, 9.17) is 5.73 Å². The van der Waals surface area contributed by atoms with Crippen molar-refractivity contribution < 1.29 is 4.79 Å². The largest absolute Gasteiger partial charge is 0.402 e. The maximum absolute atomic E-state index is 11.6. The average Bonchev–Trinajstić information content (AvgIpc) is 2.74. The number of nitrogens with one attached hydrogen (secondary N) is 1. The Bertz CT molecular complexity index is 417. The molecule has 15 heavy (non-hydrogen) atoms. The number of amides is 1. The molecule has 0 spiro atoms. The smallest absolute Gasteiger partial charge is 0.330 e. The number of nitrogens with two attached hydrogens (primary N) is 1. The maximum Gasteiger partial charge on any atom is 0.330 e. The summed E-state index contributed by atoms with van der Waals surface area (Å²) in [5, 5.41) is 2.79. The SMILES string of the molecule is NC1=CC=C(NC(=O)n2ccnc2)CC1. The molecule has 0 aliphatic heterocycles. The molecule has 0 saturated carbocycles. The number of hydrogen-bond acceptors (Lipinski definition) is 3. The summed E-state index contributed by atoms with van der Waals surface area (Å²) >= 11 is 0. The standard InChI is InChI=1S/C10H12N4O/c11-8-1-3-9(4-2-8)13-10(15)14-6-5-12-7-14/h1,3,5-7H,2,4,11H2,(H,13,15). The van der Waals surface area contributed by atoms with E-state index in [0.717, 1.165) is 24.2 Å². The average molecular weight is 204 g/mol. The molecule has 0 unspecified atom stereocenters. The van der Waals surface area contributed by atoms with E-state index in [1.54, 1.807) is 12.4 Å². The molecule has 1 aliphatic rings. The lowest BCUT2D eigenvalue weighted by Crippen LogP contribution is -2.27. The van der Waals surface area contributed by atoms with Crippen LogP contribution >= 0.6 is 0 Å². The Morgan fingerprint density at radius 3 is 2.93 bits per heavy atom. The van der Waals surface area contributed by atoms with Crippen molar-refractivity contribution >= 4 is 6.03 Å². The molecule has 78 valence electrons. The first-order chi connectivity index (χ1) is 7.25. The van der Waals surface area contributed by atoms with Gasteiger partial charge in [-0.3, -0.25) is 4.57 Å².